The molecule has 0 bridgehead atoms. The lowest BCUT2D eigenvalue weighted by Gasteiger charge is -2.13. The Balaban J connectivity index is 1.41. The first-order valence-electron chi connectivity index (χ1n) is 9.82. The Morgan fingerprint density at radius 2 is 1.97 bits per heavy atom. The van der Waals surface area contributed by atoms with E-state index in [4.69, 9.17) is 4.74 Å². The van der Waals surface area contributed by atoms with E-state index in [1.54, 1.807) is 14.0 Å². The van der Waals surface area contributed by atoms with E-state index < -0.39 is 15.8 Å². The summed E-state index contributed by atoms with van der Waals surface area (Å²) >= 11 is 0. The van der Waals surface area contributed by atoms with Crippen LogP contribution in [0.2, 0.25) is 0 Å². The highest BCUT2D eigenvalue weighted by molar-refractivity contribution is 7.92. The minimum Gasteiger partial charge on any atom is -0.493 e. The first-order valence-corrected chi connectivity index (χ1v) is 11.5. The third-order valence-electron chi connectivity index (χ3n) is 4.79. The fraction of sp³-hybridized carbons (Fsp3) is 0.381. The van der Waals surface area contributed by atoms with Gasteiger partial charge in [0.2, 0.25) is 10.0 Å². The zero-order valence-corrected chi connectivity index (χ0v) is 18.0. The van der Waals surface area contributed by atoms with Crippen LogP contribution >= 0.6 is 0 Å². The van der Waals surface area contributed by atoms with Crippen molar-refractivity contribution in [2.45, 2.75) is 19.8 Å². The second-order valence-electron chi connectivity index (χ2n) is 7.10. The molecule has 1 aliphatic rings. The smallest absolute Gasteiger partial charge is 0.234 e. The summed E-state index contributed by atoms with van der Waals surface area (Å²) in [5, 5.41) is 6.16. The monoisotopic (exact) mass is 434 g/mol. The molecule has 30 heavy (non-hydrogen) atoms. The summed E-state index contributed by atoms with van der Waals surface area (Å²) in [7, 11) is -1.98. The van der Waals surface area contributed by atoms with E-state index in [0.29, 0.717) is 18.1 Å². The SMILES string of the molecule is CN=C(NCCc1ccc2c(c1)CCO2)NCCS(=O)(=O)Nc1ccc(C)c(F)c1. The van der Waals surface area contributed by atoms with E-state index in [1.807, 2.05) is 12.1 Å². The van der Waals surface area contributed by atoms with E-state index in [0.717, 1.165) is 25.2 Å². The summed E-state index contributed by atoms with van der Waals surface area (Å²) in [4.78, 5) is 4.11. The minimum absolute atomic E-state index is 0.166. The summed E-state index contributed by atoms with van der Waals surface area (Å²) in [6.07, 6.45) is 1.75. The highest BCUT2D eigenvalue weighted by atomic mass is 32.2. The van der Waals surface area contributed by atoms with Crippen LogP contribution in [0.15, 0.2) is 41.4 Å². The van der Waals surface area contributed by atoms with E-state index in [-0.39, 0.29) is 18.0 Å². The van der Waals surface area contributed by atoms with Crippen LogP contribution in [-0.2, 0) is 22.9 Å². The number of benzene rings is 2. The average molecular weight is 435 g/mol. The van der Waals surface area contributed by atoms with Crippen molar-refractivity contribution in [3.05, 3.63) is 58.9 Å². The number of anilines is 1. The number of hydrogen-bond donors (Lipinski definition) is 3. The zero-order chi connectivity index (χ0) is 21.6. The fourth-order valence-electron chi connectivity index (χ4n) is 3.13. The van der Waals surface area contributed by atoms with Gasteiger partial charge in [-0.3, -0.25) is 9.71 Å². The van der Waals surface area contributed by atoms with E-state index in [9.17, 15) is 12.8 Å². The topological polar surface area (TPSA) is 91.8 Å². The van der Waals surface area contributed by atoms with Gasteiger partial charge in [0.15, 0.2) is 5.96 Å². The molecule has 2 aromatic carbocycles. The van der Waals surface area contributed by atoms with Crippen LogP contribution in [-0.4, -0.2) is 46.9 Å². The van der Waals surface area contributed by atoms with Crippen molar-refractivity contribution in [1.29, 1.82) is 0 Å². The van der Waals surface area contributed by atoms with Gasteiger partial charge in [-0.25, -0.2) is 12.8 Å². The van der Waals surface area contributed by atoms with Crippen molar-refractivity contribution in [2.75, 3.05) is 37.2 Å². The number of aliphatic imine (C=N–C) groups is 1. The van der Waals surface area contributed by atoms with Gasteiger partial charge in [-0.15, -0.1) is 0 Å². The van der Waals surface area contributed by atoms with Gasteiger partial charge in [-0.1, -0.05) is 18.2 Å². The molecule has 3 N–H and O–H groups in total. The van der Waals surface area contributed by atoms with Gasteiger partial charge in [0.25, 0.3) is 0 Å². The van der Waals surface area contributed by atoms with Crippen molar-refractivity contribution < 1.29 is 17.5 Å². The lowest BCUT2D eigenvalue weighted by Crippen LogP contribution is -2.40. The Labute approximate surface area is 176 Å². The Hall–Kier alpha value is -2.81. The van der Waals surface area contributed by atoms with Crippen LogP contribution in [0.3, 0.4) is 0 Å². The van der Waals surface area contributed by atoms with Gasteiger partial charge in [0, 0.05) is 26.6 Å². The predicted molar refractivity (Wildman–Crippen MR) is 117 cm³/mol. The largest absolute Gasteiger partial charge is 0.493 e. The Morgan fingerprint density at radius 1 is 1.17 bits per heavy atom. The first kappa shape index (κ1) is 21.9. The summed E-state index contributed by atoms with van der Waals surface area (Å²) in [6.45, 7) is 3.19. The first-order chi connectivity index (χ1) is 14.4. The molecule has 2 aromatic rings. The molecule has 0 radical (unpaired) electrons. The summed E-state index contributed by atoms with van der Waals surface area (Å²) in [6, 6.07) is 10.5. The molecule has 0 saturated heterocycles. The number of aryl methyl sites for hydroxylation is 1. The third-order valence-corrected chi connectivity index (χ3v) is 6.08. The maximum absolute atomic E-state index is 13.6. The summed E-state index contributed by atoms with van der Waals surface area (Å²) < 4.78 is 45.9. The molecule has 1 aliphatic heterocycles. The molecule has 3 rings (SSSR count). The van der Waals surface area contributed by atoms with Gasteiger partial charge in [0.05, 0.1) is 18.0 Å². The maximum atomic E-state index is 13.6. The summed E-state index contributed by atoms with van der Waals surface area (Å²) in [5.41, 5.74) is 3.11. The van der Waals surface area contributed by atoms with Gasteiger partial charge < -0.3 is 15.4 Å². The van der Waals surface area contributed by atoms with Gasteiger partial charge >= 0.3 is 0 Å². The minimum atomic E-state index is -3.61. The second kappa shape index (κ2) is 9.80. The molecular formula is C21H27FN4O3S. The number of guanidine groups is 1. The molecule has 0 aliphatic carbocycles. The molecule has 0 saturated carbocycles. The zero-order valence-electron chi connectivity index (χ0n) is 17.2. The molecule has 0 amide bonds. The van der Waals surface area contributed by atoms with Gasteiger partial charge in [-0.05, 0) is 48.2 Å². The molecule has 0 unspecified atom stereocenters. The number of nitrogens with zero attached hydrogens (tertiary/aromatic N) is 1. The number of rotatable bonds is 8. The van der Waals surface area contributed by atoms with E-state index in [2.05, 4.69) is 26.4 Å². The molecule has 1 heterocycles. The Morgan fingerprint density at radius 3 is 2.73 bits per heavy atom. The molecule has 162 valence electrons. The number of nitrogens with one attached hydrogen (secondary N) is 3. The Bertz CT molecular complexity index is 1020. The van der Waals surface area contributed by atoms with Crippen molar-refractivity contribution >= 4 is 21.7 Å². The molecule has 0 fully saturated rings. The molecule has 0 spiro atoms. The Kier molecular flexibility index (Phi) is 7.15. The lowest BCUT2D eigenvalue weighted by molar-refractivity contribution is 0.357. The van der Waals surface area contributed by atoms with Crippen LogP contribution in [0.5, 0.6) is 5.75 Å². The standard InChI is InChI=1S/C21H27FN4O3S/c1-15-3-5-18(14-19(15)22)26-30(27,28)12-10-25-21(23-2)24-9-7-16-4-6-20-17(13-16)8-11-29-20/h3-6,13-14,26H,7-12H2,1-2H3,(H2,23,24,25). The van der Waals surface area contributed by atoms with Crippen LogP contribution in [0.4, 0.5) is 10.1 Å². The third kappa shape index (κ3) is 6.09. The number of fused-ring (bicyclic) bond motifs is 1. The van der Waals surface area contributed by atoms with Gasteiger partial charge in [-0.2, -0.15) is 0 Å². The average Bonchev–Trinajstić information content (AvgIpc) is 3.17. The fourth-order valence-corrected chi connectivity index (χ4v) is 4.09. The van der Waals surface area contributed by atoms with E-state index in [1.165, 1.54) is 29.3 Å². The number of hydrogen-bond acceptors (Lipinski definition) is 4. The molecule has 7 nitrogen and oxygen atoms in total. The number of ether oxygens (including phenoxy) is 1. The van der Waals surface area contributed by atoms with Crippen LogP contribution in [0, 0.1) is 12.7 Å². The van der Waals surface area contributed by atoms with Crippen molar-refractivity contribution in [3.63, 3.8) is 0 Å². The van der Waals surface area contributed by atoms with Crippen molar-refractivity contribution in [1.82, 2.24) is 10.6 Å². The van der Waals surface area contributed by atoms with Crippen molar-refractivity contribution in [2.24, 2.45) is 4.99 Å². The lowest BCUT2D eigenvalue weighted by atomic mass is 10.1. The van der Waals surface area contributed by atoms with Crippen LogP contribution in [0.25, 0.3) is 0 Å². The number of sulfonamides is 1. The van der Waals surface area contributed by atoms with E-state index >= 15 is 0 Å². The molecule has 0 atom stereocenters. The second-order valence-corrected chi connectivity index (χ2v) is 8.94. The highest BCUT2D eigenvalue weighted by Gasteiger charge is 2.13. The molecular weight excluding hydrogens is 407 g/mol. The van der Waals surface area contributed by atoms with Crippen LogP contribution in [0.1, 0.15) is 16.7 Å². The quantitative estimate of drug-likeness (QED) is 0.438. The molecule has 0 aromatic heterocycles. The maximum Gasteiger partial charge on any atom is 0.234 e. The van der Waals surface area contributed by atoms with Crippen molar-refractivity contribution in [3.8, 4) is 5.75 Å². The highest BCUT2D eigenvalue weighted by Crippen LogP contribution is 2.25. The predicted octanol–water partition coefficient (Wildman–Crippen LogP) is 2.22. The van der Waals surface area contributed by atoms with Gasteiger partial charge in [0.1, 0.15) is 11.6 Å². The normalized spacial score (nSPS) is 13.5. The van der Waals surface area contributed by atoms with Crippen LogP contribution < -0.4 is 20.1 Å². The number of halogens is 1. The summed E-state index contributed by atoms with van der Waals surface area (Å²) in [5.74, 6) is 0.867. The molecule has 9 heteroatoms.